The van der Waals surface area contributed by atoms with Crippen LogP contribution in [-0.4, -0.2) is 46.7 Å². The number of aliphatic hydroxyl groups excluding tert-OH is 1. The quantitative estimate of drug-likeness (QED) is 0.193. The first-order valence-corrected chi connectivity index (χ1v) is 20.9. The lowest BCUT2D eigenvalue weighted by Crippen LogP contribution is -2.65. The van der Waals surface area contributed by atoms with Crippen molar-refractivity contribution in [2.75, 3.05) is 6.54 Å². The number of carboxylic acid groups (broad SMARTS) is 1. The molecule has 5 fully saturated rings. The third-order valence-corrected chi connectivity index (χ3v) is 17.4. The van der Waals surface area contributed by atoms with Crippen LogP contribution >= 0.6 is 11.6 Å². The van der Waals surface area contributed by atoms with Crippen LogP contribution in [0.1, 0.15) is 138 Å². The second kappa shape index (κ2) is 12.9. The largest absolute Gasteiger partial charge is 0.481 e. The van der Waals surface area contributed by atoms with Crippen LogP contribution in [0.3, 0.4) is 0 Å². The zero-order valence-electron chi connectivity index (χ0n) is 33.5. The molecule has 292 valence electrons. The molecular weight excluding hydrogens is 686 g/mol. The van der Waals surface area contributed by atoms with Crippen molar-refractivity contribution >= 4 is 29.3 Å². The fourth-order valence-corrected chi connectivity index (χ4v) is 14.4. The fourth-order valence-electron chi connectivity index (χ4n) is 14.3. The van der Waals surface area contributed by atoms with Crippen molar-refractivity contribution in [3.8, 4) is 0 Å². The van der Waals surface area contributed by atoms with E-state index >= 15 is 0 Å². The van der Waals surface area contributed by atoms with E-state index in [1.807, 2.05) is 38.1 Å². The molecule has 0 amide bonds. The summed E-state index contributed by atoms with van der Waals surface area (Å²) in [7, 11) is 0. The summed E-state index contributed by atoms with van der Waals surface area (Å²) < 4.78 is 6.30. The number of carbonyl (C=O) groups excluding carboxylic acids is 2. The first-order chi connectivity index (χ1) is 24.7. The van der Waals surface area contributed by atoms with Crippen molar-refractivity contribution in [1.29, 1.82) is 0 Å². The Balaban J connectivity index is 1.13. The molecule has 0 radical (unpaired) electrons. The topological polar surface area (TPSA) is 113 Å². The molecule has 0 saturated heterocycles. The Hall–Kier alpha value is -2.22. The third-order valence-electron chi connectivity index (χ3n) is 17.2. The summed E-state index contributed by atoms with van der Waals surface area (Å²) in [5, 5.41) is 25.7. The van der Waals surface area contributed by atoms with Crippen LogP contribution in [0.15, 0.2) is 35.4 Å². The van der Waals surface area contributed by atoms with E-state index in [0.717, 1.165) is 68.9 Å². The van der Waals surface area contributed by atoms with Crippen molar-refractivity contribution in [3.63, 3.8) is 0 Å². The minimum absolute atomic E-state index is 0.00488. The van der Waals surface area contributed by atoms with Gasteiger partial charge in [-0.3, -0.25) is 14.4 Å². The number of Topliss-reactive ketones (excluding diaryl/α,β-unsaturated/α-hetero) is 1. The zero-order chi connectivity index (χ0) is 38.6. The average Bonchev–Trinajstić information content (AvgIpc) is 3.58. The van der Waals surface area contributed by atoms with Gasteiger partial charge in [-0.05, 0) is 126 Å². The number of carbonyl (C=O) groups is 3. The maximum atomic E-state index is 14.0. The highest BCUT2D eigenvalue weighted by atomic mass is 35.5. The van der Waals surface area contributed by atoms with Gasteiger partial charge in [0.05, 0.1) is 18.9 Å². The second-order valence-corrected chi connectivity index (χ2v) is 21.0. The van der Waals surface area contributed by atoms with E-state index in [1.54, 1.807) is 0 Å². The van der Waals surface area contributed by atoms with Crippen LogP contribution in [0.4, 0.5) is 0 Å². The summed E-state index contributed by atoms with van der Waals surface area (Å²) in [6.45, 7) is 19.1. The Morgan fingerprint density at radius 2 is 1.60 bits per heavy atom. The van der Waals surface area contributed by atoms with Gasteiger partial charge < -0.3 is 20.3 Å². The van der Waals surface area contributed by atoms with Crippen molar-refractivity contribution in [2.45, 2.75) is 151 Å². The van der Waals surface area contributed by atoms with Gasteiger partial charge in [0.25, 0.3) is 0 Å². The van der Waals surface area contributed by atoms with Crippen molar-refractivity contribution in [2.24, 2.45) is 55.7 Å². The Morgan fingerprint density at radius 3 is 2.26 bits per heavy atom. The smallest absolute Gasteiger partial charge is 0.306 e. The molecule has 10 atom stereocenters. The van der Waals surface area contributed by atoms with Gasteiger partial charge in [-0.25, -0.2) is 0 Å². The standard InChI is InChI=1S/C45H64ClNO6/c1-27(2)37-31(48)21-44(33(49)25-47-24-28-9-11-29(46)12-10-28)19-17-40(5)30(38(37)44)13-14-32-41(40,6)18-20-45-26-43(45,8)34(15-16-42(32,45)7)53-36(52)23-39(3,4)22-35(50)51/h9-12,27,30,32-34,47,49H,13-26H2,1-8H3,(H,50,51)/t30-,32+,33+,34+,40-,41-,42-,43?,44+,45+/m1/s1. The summed E-state index contributed by atoms with van der Waals surface area (Å²) in [5.41, 5.74) is 2.51. The number of halogens is 1. The number of esters is 1. The number of carboxylic acids is 1. The molecular formula is C45H64ClNO6. The molecule has 3 N–H and O–H groups in total. The molecule has 6 aliphatic carbocycles. The summed E-state index contributed by atoms with van der Waals surface area (Å²) >= 11 is 6.11. The second-order valence-electron chi connectivity index (χ2n) is 20.6. The first-order valence-electron chi connectivity index (χ1n) is 20.5. The highest BCUT2D eigenvalue weighted by Gasteiger charge is 2.82. The molecule has 1 unspecified atom stereocenters. The maximum absolute atomic E-state index is 14.0. The molecule has 5 saturated carbocycles. The third kappa shape index (κ3) is 5.73. The molecule has 53 heavy (non-hydrogen) atoms. The number of hydrogen-bond acceptors (Lipinski definition) is 6. The summed E-state index contributed by atoms with van der Waals surface area (Å²) in [6.07, 6.45) is 8.89. The molecule has 0 aromatic heterocycles. The highest BCUT2D eigenvalue weighted by molar-refractivity contribution is 6.30. The number of benzene rings is 1. The lowest BCUT2D eigenvalue weighted by atomic mass is 9.33. The van der Waals surface area contributed by atoms with Crippen LogP contribution in [-0.2, 0) is 25.7 Å². The lowest BCUT2D eigenvalue weighted by molar-refractivity contribution is -0.220. The van der Waals surface area contributed by atoms with Crippen LogP contribution in [0.2, 0.25) is 5.02 Å². The SMILES string of the molecule is CC(C)C1=C2[C@H]3CC[C@@H]4[C@@]5(C)CC[C@H](OC(=O)CC(C)(C)CC(=O)O)C6(C)C[C@]65CC[C@@]4(C)[C@]3(C)CC[C@@]2([C@@H](O)CNCc2ccc(Cl)cc2)CC1=O. The Labute approximate surface area is 322 Å². The fraction of sp³-hybridized carbons (Fsp3) is 0.756. The average molecular weight is 750 g/mol. The zero-order valence-corrected chi connectivity index (χ0v) is 34.3. The monoisotopic (exact) mass is 749 g/mol. The number of aliphatic carboxylic acids is 1. The number of fused-ring (bicyclic) bond motifs is 6. The molecule has 1 aromatic rings. The Bertz CT molecular complexity index is 1700. The van der Waals surface area contributed by atoms with Gasteiger partial charge >= 0.3 is 11.9 Å². The van der Waals surface area contributed by atoms with Crippen molar-refractivity contribution in [3.05, 3.63) is 46.0 Å². The van der Waals surface area contributed by atoms with Crippen LogP contribution < -0.4 is 5.32 Å². The number of aliphatic hydroxyl groups is 1. The molecule has 1 aromatic carbocycles. The van der Waals surface area contributed by atoms with Crippen LogP contribution in [0, 0.1) is 55.7 Å². The molecule has 0 aliphatic heterocycles. The molecule has 6 aliphatic rings. The van der Waals surface area contributed by atoms with E-state index in [4.69, 9.17) is 16.3 Å². The molecule has 8 heteroatoms. The minimum Gasteiger partial charge on any atom is -0.481 e. The van der Waals surface area contributed by atoms with Gasteiger partial charge in [0.15, 0.2) is 5.78 Å². The van der Waals surface area contributed by atoms with Gasteiger partial charge in [0, 0.05) is 35.4 Å². The van der Waals surface area contributed by atoms with Crippen molar-refractivity contribution < 1.29 is 29.3 Å². The number of nitrogens with one attached hydrogen (secondary N) is 1. The van der Waals surface area contributed by atoms with Crippen LogP contribution in [0.5, 0.6) is 0 Å². The minimum atomic E-state index is -0.892. The summed E-state index contributed by atoms with van der Waals surface area (Å²) in [6, 6.07) is 7.81. The van der Waals surface area contributed by atoms with Gasteiger partial charge in [0.1, 0.15) is 6.10 Å². The molecule has 0 heterocycles. The van der Waals surface area contributed by atoms with E-state index in [-0.39, 0.29) is 69.6 Å². The normalized spacial score (nSPS) is 40.8. The number of rotatable bonds is 11. The van der Waals surface area contributed by atoms with Gasteiger partial charge in [-0.15, -0.1) is 0 Å². The van der Waals surface area contributed by atoms with E-state index in [9.17, 15) is 24.6 Å². The lowest BCUT2D eigenvalue weighted by Gasteiger charge is -2.71. The first kappa shape index (κ1) is 39.0. The number of ether oxygens (including phenoxy) is 1. The Morgan fingerprint density at radius 1 is 0.925 bits per heavy atom. The van der Waals surface area contributed by atoms with E-state index in [1.165, 1.54) is 5.57 Å². The van der Waals surface area contributed by atoms with E-state index in [2.05, 4.69) is 46.9 Å². The van der Waals surface area contributed by atoms with E-state index in [0.29, 0.717) is 30.5 Å². The summed E-state index contributed by atoms with van der Waals surface area (Å²) in [4.78, 5) is 38.7. The summed E-state index contributed by atoms with van der Waals surface area (Å²) in [5.74, 6) is -0.00979. The Kier molecular flexibility index (Phi) is 9.51. The highest BCUT2D eigenvalue weighted by Crippen LogP contribution is 2.87. The molecule has 7 rings (SSSR count). The molecule has 0 bridgehead atoms. The number of ketones is 1. The van der Waals surface area contributed by atoms with Crippen LogP contribution in [0.25, 0.3) is 0 Å². The molecule has 1 spiro atoms. The predicted molar refractivity (Wildman–Crippen MR) is 207 cm³/mol. The van der Waals surface area contributed by atoms with Gasteiger partial charge in [-0.1, -0.05) is 84.7 Å². The number of hydrogen-bond donors (Lipinski definition) is 3. The van der Waals surface area contributed by atoms with Gasteiger partial charge in [0.2, 0.25) is 0 Å². The number of allylic oxidation sites excluding steroid dienone is 1. The van der Waals surface area contributed by atoms with E-state index < -0.39 is 22.9 Å². The van der Waals surface area contributed by atoms with Gasteiger partial charge in [-0.2, -0.15) is 0 Å². The van der Waals surface area contributed by atoms with Crippen molar-refractivity contribution in [1.82, 2.24) is 5.32 Å². The predicted octanol–water partition coefficient (Wildman–Crippen LogP) is 9.33. The molecule has 7 nitrogen and oxygen atoms in total. The maximum Gasteiger partial charge on any atom is 0.306 e.